The topological polar surface area (TPSA) is 86.8 Å². The number of halogens is 2. The Morgan fingerprint density at radius 1 is 0.900 bits per heavy atom. The minimum absolute atomic E-state index is 0.0730. The lowest BCUT2D eigenvalue weighted by Crippen LogP contribution is -2.54. The molecule has 1 atom stereocenters. The molecule has 10 heteroatoms. The third kappa shape index (κ3) is 8.41. The summed E-state index contributed by atoms with van der Waals surface area (Å²) in [5.41, 5.74) is 2.11. The van der Waals surface area contributed by atoms with Crippen LogP contribution in [0, 0.1) is 0 Å². The molecule has 1 saturated carbocycles. The number of hydrogen-bond acceptors (Lipinski definition) is 4. The molecule has 4 rings (SSSR count). The minimum Gasteiger partial charge on any atom is -0.352 e. The third-order valence-electron chi connectivity index (χ3n) is 7.01. The van der Waals surface area contributed by atoms with Crippen molar-refractivity contribution < 1.29 is 18.0 Å². The van der Waals surface area contributed by atoms with Crippen molar-refractivity contribution in [2.45, 2.75) is 50.7 Å². The van der Waals surface area contributed by atoms with Crippen LogP contribution in [0.25, 0.3) is 0 Å². The van der Waals surface area contributed by atoms with Crippen LogP contribution in [0.15, 0.2) is 87.8 Å². The van der Waals surface area contributed by atoms with Crippen molar-refractivity contribution in [2.75, 3.05) is 17.1 Å². The average Bonchev–Trinajstić information content (AvgIpc) is 3.43. The molecule has 1 aliphatic rings. The van der Waals surface area contributed by atoms with Crippen LogP contribution in [0.3, 0.4) is 0 Å². The highest BCUT2D eigenvalue weighted by molar-refractivity contribution is 9.10. The number of nitrogens with zero attached hydrogens (tertiary/aromatic N) is 2. The fourth-order valence-corrected chi connectivity index (χ4v) is 6.54. The number of carbonyl (C=O) groups excluding carboxylic acids is 2. The number of amides is 2. The van der Waals surface area contributed by atoms with Gasteiger partial charge in [0.2, 0.25) is 21.8 Å². The van der Waals surface area contributed by atoms with Gasteiger partial charge in [-0.2, -0.15) is 0 Å². The fraction of sp³-hybridized carbons (Fsp3) is 0.333. The maximum absolute atomic E-state index is 14.1. The van der Waals surface area contributed by atoms with Gasteiger partial charge in [-0.05, 0) is 60.4 Å². The van der Waals surface area contributed by atoms with Crippen molar-refractivity contribution >= 4 is 59.4 Å². The molecule has 0 radical (unpaired) electrons. The summed E-state index contributed by atoms with van der Waals surface area (Å²) in [6, 6.07) is 23.1. The molecule has 212 valence electrons. The van der Waals surface area contributed by atoms with E-state index >= 15 is 0 Å². The summed E-state index contributed by atoms with van der Waals surface area (Å²) < 4.78 is 28.4. The second kappa shape index (κ2) is 13.8. The molecule has 0 aromatic heterocycles. The summed E-state index contributed by atoms with van der Waals surface area (Å²) in [5.74, 6) is -0.690. The number of hydrogen-bond donors (Lipinski definition) is 1. The van der Waals surface area contributed by atoms with Gasteiger partial charge in [0, 0.05) is 28.0 Å². The molecule has 1 fully saturated rings. The third-order valence-corrected chi connectivity index (χ3v) is 9.17. The van der Waals surface area contributed by atoms with Crippen LogP contribution in [0.5, 0.6) is 0 Å². The highest BCUT2D eigenvalue weighted by Gasteiger charge is 2.34. The first-order valence-electron chi connectivity index (χ1n) is 13.2. The van der Waals surface area contributed by atoms with Crippen molar-refractivity contribution in [1.29, 1.82) is 0 Å². The Labute approximate surface area is 253 Å². The molecule has 3 aromatic carbocycles. The van der Waals surface area contributed by atoms with Gasteiger partial charge < -0.3 is 10.2 Å². The number of sulfonamides is 1. The summed E-state index contributed by atoms with van der Waals surface area (Å²) in [6.45, 7) is -0.289. The number of benzene rings is 3. The Morgan fingerprint density at radius 3 is 2.17 bits per heavy atom. The molecular formula is C30H33Br2N3O4S. The lowest BCUT2D eigenvalue weighted by molar-refractivity contribution is -0.140. The summed E-state index contributed by atoms with van der Waals surface area (Å²) in [5, 5.41) is 3.17. The van der Waals surface area contributed by atoms with Crippen LogP contribution in [0.4, 0.5) is 5.69 Å². The SMILES string of the molecule is CS(=O)(=O)N(CC(=O)N(Cc1cccc(Br)c1)C(Cc1ccccc1)C(=O)NC1CCCC1)c1ccc(Br)cc1. The number of anilines is 1. The minimum atomic E-state index is -3.80. The van der Waals surface area contributed by atoms with Gasteiger partial charge in [-0.15, -0.1) is 0 Å². The van der Waals surface area contributed by atoms with Crippen molar-refractivity contribution in [3.63, 3.8) is 0 Å². The molecular weight excluding hydrogens is 658 g/mol. The first kappa shape index (κ1) is 30.3. The van der Waals surface area contributed by atoms with Gasteiger partial charge in [-0.3, -0.25) is 13.9 Å². The highest BCUT2D eigenvalue weighted by atomic mass is 79.9. The number of carbonyl (C=O) groups is 2. The zero-order valence-corrected chi connectivity index (χ0v) is 26.3. The lowest BCUT2D eigenvalue weighted by atomic mass is 10.0. The quantitative estimate of drug-likeness (QED) is 0.281. The van der Waals surface area contributed by atoms with E-state index in [4.69, 9.17) is 0 Å². The smallest absolute Gasteiger partial charge is 0.244 e. The van der Waals surface area contributed by atoms with Crippen LogP contribution in [0.2, 0.25) is 0 Å². The number of rotatable bonds is 11. The van der Waals surface area contributed by atoms with E-state index in [-0.39, 0.29) is 18.5 Å². The largest absolute Gasteiger partial charge is 0.352 e. The van der Waals surface area contributed by atoms with E-state index in [1.165, 1.54) is 4.90 Å². The Balaban J connectivity index is 1.72. The maximum atomic E-state index is 14.1. The van der Waals surface area contributed by atoms with Gasteiger partial charge in [0.15, 0.2) is 0 Å². The molecule has 0 bridgehead atoms. The van der Waals surface area contributed by atoms with E-state index < -0.39 is 28.5 Å². The number of nitrogens with one attached hydrogen (secondary N) is 1. The van der Waals surface area contributed by atoms with Gasteiger partial charge in [0.05, 0.1) is 11.9 Å². The van der Waals surface area contributed by atoms with Crippen molar-refractivity contribution in [3.8, 4) is 0 Å². The van der Waals surface area contributed by atoms with Crippen LogP contribution in [-0.2, 0) is 32.6 Å². The zero-order chi connectivity index (χ0) is 28.7. The molecule has 0 heterocycles. The summed E-state index contributed by atoms with van der Waals surface area (Å²) >= 11 is 6.87. The van der Waals surface area contributed by atoms with E-state index in [9.17, 15) is 18.0 Å². The lowest BCUT2D eigenvalue weighted by Gasteiger charge is -2.34. The molecule has 0 spiro atoms. The molecule has 3 aromatic rings. The molecule has 2 amide bonds. The summed E-state index contributed by atoms with van der Waals surface area (Å²) in [4.78, 5) is 29.5. The van der Waals surface area contributed by atoms with Crippen LogP contribution < -0.4 is 9.62 Å². The standard InChI is InChI=1S/C30H33Br2N3O4S/c1-40(38,39)35(27-16-14-24(31)15-17-27)21-29(36)34(20-23-10-7-11-25(32)18-23)28(19-22-8-3-2-4-9-22)30(37)33-26-12-5-6-13-26/h2-4,7-11,14-18,26,28H,5-6,12-13,19-21H2,1H3,(H,33,37). The molecule has 1 unspecified atom stereocenters. The van der Waals surface area contributed by atoms with Gasteiger partial charge in [-0.25, -0.2) is 8.42 Å². The molecule has 0 saturated heterocycles. The predicted octanol–water partition coefficient (Wildman–Crippen LogP) is 5.68. The van der Waals surface area contributed by atoms with E-state index in [0.717, 1.165) is 56.3 Å². The molecule has 40 heavy (non-hydrogen) atoms. The van der Waals surface area contributed by atoms with Crippen LogP contribution in [0.1, 0.15) is 36.8 Å². The molecule has 1 N–H and O–H groups in total. The summed E-state index contributed by atoms with van der Waals surface area (Å²) in [7, 11) is -3.80. The first-order chi connectivity index (χ1) is 19.1. The van der Waals surface area contributed by atoms with Crippen molar-refractivity contribution in [1.82, 2.24) is 10.2 Å². The monoisotopic (exact) mass is 689 g/mol. The van der Waals surface area contributed by atoms with Gasteiger partial charge in [0.25, 0.3) is 0 Å². The average molecular weight is 691 g/mol. The molecule has 0 aliphatic heterocycles. The Morgan fingerprint density at radius 2 is 1.55 bits per heavy atom. The van der Waals surface area contributed by atoms with E-state index in [1.807, 2.05) is 54.6 Å². The van der Waals surface area contributed by atoms with E-state index in [1.54, 1.807) is 24.3 Å². The predicted molar refractivity (Wildman–Crippen MR) is 165 cm³/mol. The van der Waals surface area contributed by atoms with Crippen molar-refractivity contribution in [2.24, 2.45) is 0 Å². The molecule has 7 nitrogen and oxygen atoms in total. The van der Waals surface area contributed by atoms with Crippen LogP contribution in [-0.4, -0.2) is 50.0 Å². The zero-order valence-electron chi connectivity index (χ0n) is 22.3. The Hall–Kier alpha value is -2.69. The molecule has 1 aliphatic carbocycles. The second-order valence-electron chi connectivity index (χ2n) is 10.1. The Bertz CT molecular complexity index is 1410. The van der Waals surface area contributed by atoms with E-state index in [0.29, 0.717) is 12.1 Å². The van der Waals surface area contributed by atoms with Gasteiger partial charge >= 0.3 is 0 Å². The second-order valence-corrected chi connectivity index (χ2v) is 13.8. The normalized spacial score (nSPS) is 14.5. The van der Waals surface area contributed by atoms with E-state index in [2.05, 4.69) is 37.2 Å². The summed E-state index contributed by atoms with van der Waals surface area (Å²) in [6.07, 6.45) is 5.33. The maximum Gasteiger partial charge on any atom is 0.244 e. The van der Waals surface area contributed by atoms with Gasteiger partial charge in [0.1, 0.15) is 12.6 Å². The first-order valence-corrected chi connectivity index (χ1v) is 16.6. The van der Waals surface area contributed by atoms with Gasteiger partial charge in [-0.1, -0.05) is 87.2 Å². The van der Waals surface area contributed by atoms with Crippen molar-refractivity contribution in [3.05, 3.63) is 98.9 Å². The Kier molecular flexibility index (Phi) is 10.4. The highest BCUT2D eigenvalue weighted by Crippen LogP contribution is 2.24. The fourth-order valence-electron chi connectivity index (χ4n) is 4.97. The van der Waals surface area contributed by atoms with Crippen LogP contribution >= 0.6 is 31.9 Å².